The Hall–Kier alpha value is -3.95. The summed E-state index contributed by atoms with van der Waals surface area (Å²) in [4.78, 5) is 35.4. The van der Waals surface area contributed by atoms with Crippen LogP contribution in [-0.4, -0.2) is 58.9 Å². The van der Waals surface area contributed by atoms with Crippen LogP contribution in [-0.2, 0) is 20.9 Å². The molecular weight excluding hydrogens is 432 g/mol. The molecule has 0 heterocycles. The van der Waals surface area contributed by atoms with E-state index in [2.05, 4.69) is 15.4 Å². The fourth-order valence-corrected chi connectivity index (χ4v) is 2.74. The average molecular weight is 460 g/mol. The van der Waals surface area contributed by atoms with Gasteiger partial charge in [0.1, 0.15) is 0 Å². The maximum Gasteiger partial charge on any atom is 0.343 e. The first-order chi connectivity index (χ1) is 15.9. The predicted molar refractivity (Wildman–Crippen MR) is 119 cm³/mol. The molecule has 10 heteroatoms. The van der Waals surface area contributed by atoms with Crippen molar-refractivity contribution in [2.75, 3.05) is 41.1 Å². The number of rotatable bonds is 12. The summed E-state index contributed by atoms with van der Waals surface area (Å²) in [5.41, 5.74) is 1.13. The number of methoxy groups -OCH3 is 3. The van der Waals surface area contributed by atoms with Crippen molar-refractivity contribution in [1.82, 2.24) is 10.6 Å². The molecule has 0 aromatic heterocycles. The van der Waals surface area contributed by atoms with Crippen molar-refractivity contribution < 1.29 is 38.1 Å². The van der Waals surface area contributed by atoms with Crippen LogP contribution >= 0.6 is 0 Å². The maximum absolute atomic E-state index is 12.6. The van der Waals surface area contributed by atoms with Crippen LogP contribution in [0.4, 0.5) is 0 Å². The molecule has 0 bridgehead atoms. The van der Waals surface area contributed by atoms with Crippen LogP contribution in [0.5, 0.6) is 23.0 Å². The Balaban J connectivity index is 2.00. The monoisotopic (exact) mass is 460 g/mol. The number of esters is 1. The minimum atomic E-state index is -0.532. The van der Waals surface area contributed by atoms with E-state index < -0.39 is 5.97 Å². The van der Waals surface area contributed by atoms with Gasteiger partial charge in [0, 0.05) is 18.7 Å². The van der Waals surface area contributed by atoms with Gasteiger partial charge in [0.2, 0.25) is 0 Å². The lowest BCUT2D eigenvalue weighted by Gasteiger charge is -2.13. The summed E-state index contributed by atoms with van der Waals surface area (Å²) in [5, 5.41) is 5.46. The van der Waals surface area contributed by atoms with Crippen molar-refractivity contribution >= 4 is 17.8 Å². The third kappa shape index (κ3) is 7.60. The molecule has 0 unspecified atom stereocenters. The number of hydrogen-bond donors (Lipinski definition) is 2. The summed E-state index contributed by atoms with van der Waals surface area (Å²) in [5.74, 6) is 0.395. The third-order valence-electron chi connectivity index (χ3n) is 4.41. The van der Waals surface area contributed by atoms with E-state index in [0.29, 0.717) is 35.1 Å². The number of amides is 2. The topological polar surface area (TPSA) is 121 Å². The molecule has 0 aliphatic heterocycles. The molecule has 2 aromatic carbocycles. The van der Waals surface area contributed by atoms with Crippen molar-refractivity contribution in [3.63, 3.8) is 0 Å². The molecule has 0 atom stereocenters. The third-order valence-corrected chi connectivity index (χ3v) is 4.41. The second-order valence-corrected chi connectivity index (χ2v) is 6.64. The van der Waals surface area contributed by atoms with E-state index >= 15 is 0 Å². The van der Waals surface area contributed by atoms with E-state index in [1.807, 2.05) is 6.92 Å². The highest BCUT2D eigenvalue weighted by molar-refractivity contribution is 5.94. The zero-order chi connectivity index (χ0) is 24.2. The molecule has 2 N–H and O–H groups in total. The first kappa shape index (κ1) is 25.3. The van der Waals surface area contributed by atoms with Gasteiger partial charge in [0.05, 0.1) is 21.3 Å². The number of carbonyl (C=O) groups excluding carboxylic acids is 3. The predicted octanol–water partition coefficient (Wildman–Crippen LogP) is 1.70. The molecule has 0 saturated carbocycles. The van der Waals surface area contributed by atoms with Gasteiger partial charge < -0.3 is 34.3 Å². The second kappa shape index (κ2) is 12.8. The van der Waals surface area contributed by atoms with Crippen molar-refractivity contribution in [2.45, 2.75) is 13.5 Å². The minimum absolute atomic E-state index is 0.124. The molecule has 10 nitrogen and oxygen atoms in total. The molecule has 0 aliphatic rings. The van der Waals surface area contributed by atoms with Gasteiger partial charge in [-0.1, -0.05) is 6.07 Å². The summed E-state index contributed by atoms with van der Waals surface area (Å²) < 4.78 is 26.0. The van der Waals surface area contributed by atoms with E-state index in [1.54, 1.807) is 30.3 Å². The highest BCUT2D eigenvalue weighted by Crippen LogP contribution is 2.29. The quantitative estimate of drug-likeness (QED) is 0.459. The first-order valence-corrected chi connectivity index (χ1v) is 10.1. The summed E-state index contributed by atoms with van der Waals surface area (Å²) in [7, 11) is 4.19. The molecular formula is C23H28N2O8. The highest BCUT2D eigenvalue weighted by atomic mass is 16.6. The van der Waals surface area contributed by atoms with Crippen LogP contribution in [0, 0.1) is 0 Å². The summed E-state index contributed by atoms with van der Waals surface area (Å²) in [6.45, 7) is 2.18. The van der Waals surface area contributed by atoms with Gasteiger partial charge in [-0.05, 0) is 42.8 Å². The molecule has 0 spiro atoms. The molecule has 0 saturated heterocycles. The lowest BCUT2D eigenvalue weighted by Crippen LogP contribution is -2.28. The molecule has 2 amide bonds. The Morgan fingerprint density at radius 2 is 1.42 bits per heavy atom. The van der Waals surface area contributed by atoms with Crippen LogP contribution < -0.4 is 29.6 Å². The van der Waals surface area contributed by atoms with E-state index in [0.717, 1.165) is 5.56 Å². The summed E-state index contributed by atoms with van der Waals surface area (Å²) in [6, 6.07) is 9.78. The first-order valence-electron chi connectivity index (χ1n) is 10.1. The van der Waals surface area contributed by atoms with E-state index in [4.69, 9.17) is 18.9 Å². The Kier molecular flexibility index (Phi) is 9.81. The fourth-order valence-electron chi connectivity index (χ4n) is 2.74. The minimum Gasteiger partial charge on any atom is -0.493 e. The van der Waals surface area contributed by atoms with E-state index in [9.17, 15) is 14.4 Å². The van der Waals surface area contributed by atoms with Crippen LogP contribution in [0.15, 0.2) is 36.4 Å². The number of hydrogen-bond acceptors (Lipinski definition) is 8. The van der Waals surface area contributed by atoms with E-state index in [-0.39, 0.29) is 31.6 Å². The number of nitrogens with one attached hydrogen (secondary N) is 2. The lowest BCUT2D eigenvalue weighted by atomic mass is 10.1. The van der Waals surface area contributed by atoms with Crippen molar-refractivity contribution in [3.8, 4) is 23.0 Å². The lowest BCUT2D eigenvalue weighted by molar-refractivity contribution is -0.142. The Labute approximate surface area is 192 Å². The average Bonchev–Trinajstić information content (AvgIpc) is 2.84. The Bertz CT molecular complexity index is 977. The van der Waals surface area contributed by atoms with Gasteiger partial charge in [0.25, 0.3) is 11.8 Å². The fraction of sp³-hybridized carbons (Fsp3) is 0.348. The smallest absolute Gasteiger partial charge is 0.343 e. The second-order valence-electron chi connectivity index (χ2n) is 6.64. The Morgan fingerprint density at radius 3 is 2.06 bits per heavy atom. The molecule has 0 aliphatic carbocycles. The molecule has 2 aromatic rings. The van der Waals surface area contributed by atoms with Gasteiger partial charge in [0.15, 0.2) is 36.2 Å². The molecule has 0 radical (unpaired) electrons. The van der Waals surface area contributed by atoms with Crippen LogP contribution in [0.2, 0.25) is 0 Å². The Morgan fingerprint density at radius 1 is 0.788 bits per heavy atom. The zero-order valence-corrected chi connectivity index (χ0v) is 19.1. The molecule has 0 fully saturated rings. The van der Waals surface area contributed by atoms with E-state index in [1.165, 1.54) is 27.4 Å². The summed E-state index contributed by atoms with van der Waals surface area (Å²) in [6.07, 6.45) is 0. The van der Waals surface area contributed by atoms with Crippen molar-refractivity contribution in [3.05, 3.63) is 47.5 Å². The zero-order valence-electron chi connectivity index (χ0n) is 19.1. The highest BCUT2D eigenvalue weighted by Gasteiger charge is 2.14. The number of benzene rings is 2. The van der Waals surface area contributed by atoms with Crippen LogP contribution in [0.3, 0.4) is 0 Å². The van der Waals surface area contributed by atoms with Crippen LogP contribution in [0.1, 0.15) is 22.8 Å². The molecule has 33 heavy (non-hydrogen) atoms. The summed E-state index contributed by atoms with van der Waals surface area (Å²) >= 11 is 0. The number of carbonyl (C=O) groups is 3. The maximum atomic E-state index is 12.6. The standard InChI is InChI=1S/C23H28N2O8/c1-5-24-21(26)13-32-17-8-6-15(10-19(17)29-2)12-25-23(28)16-7-9-18(20(11-16)30-3)33-14-22(27)31-4/h6-11H,5,12-14H2,1-4H3,(H,24,26)(H,25,28). The molecule has 178 valence electrons. The van der Waals surface area contributed by atoms with Crippen LogP contribution in [0.25, 0.3) is 0 Å². The van der Waals surface area contributed by atoms with Gasteiger partial charge >= 0.3 is 5.97 Å². The SMILES string of the molecule is CCNC(=O)COc1ccc(CNC(=O)c2ccc(OCC(=O)OC)c(OC)c2)cc1OC. The number of ether oxygens (including phenoxy) is 5. The van der Waals surface area contributed by atoms with Gasteiger partial charge in [-0.2, -0.15) is 0 Å². The number of likely N-dealkylation sites (N-methyl/N-ethyl adjacent to an activating group) is 1. The van der Waals surface area contributed by atoms with Gasteiger partial charge in [-0.25, -0.2) is 4.79 Å². The normalized spacial score (nSPS) is 10.1. The largest absolute Gasteiger partial charge is 0.493 e. The van der Waals surface area contributed by atoms with Crippen molar-refractivity contribution in [2.24, 2.45) is 0 Å². The van der Waals surface area contributed by atoms with Gasteiger partial charge in [-0.3, -0.25) is 9.59 Å². The van der Waals surface area contributed by atoms with Gasteiger partial charge in [-0.15, -0.1) is 0 Å². The molecule has 2 rings (SSSR count). The van der Waals surface area contributed by atoms with Crippen molar-refractivity contribution in [1.29, 1.82) is 0 Å².